The number of nitrogens with one attached hydrogen (secondary N) is 1. The lowest BCUT2D eigenvalue weighted by Gasteiger charge is -2.25. The molecule has 21 heavy (non-hydrogen) atoms. The summed E-state index contributed by atoms with van der Waals surface area (Å²) in [6.45, 7) is 2.68. The molecular formula is C16H22N2O3. The van der Waals surface area contributed by atoms with Crippen molar-refractivity contribution < 1.29 is 14.6 Å². The number of aromatic hydroxyl groups is 2. The number of hydrogen-bond donors (Lipinski definition) is 3. The minimum atomic E-state index is 0.000382. The number of rotatable bonds is 6. The summed E-state index contributed by atoms with van der Waals surface area (Å²) in [5, 5.41) is 22.5. The quantitative estimate of drug-likeness (QED) is 0.763. The van der Waals surface area contributed by atoms with Gasteiger partial charge in [0.1, 0.15) is 17.3 Å². The van der Waals surface area contributed by atoms with Crippen LogP contribution in [0, 0.1) is 0 Å². The van der Waals surface area contributed by atoms with Crippen LogP contribution >= 0.6 is 0 Å². The number of furan rings is 1. The number of likely N-dealkylation sites (N-methyl/N-ethyl adjacent to an activating group) is 1. The van der Waals surface area contributed by atoms with E-state index in [4.69, 9.17) is 4.42 Å². The third kappa shape index (κ3) is 4.00. The molecule has 5 nitrogen and oxygen atoms in total. The van der Waals surface area contributed by atoms with E-state index < -0.39 is 0 Å². The Morgan fingerprint density at radius 2 is 1.86 bits per heavy atom. The second-order valence-electron chi connectivity index (χ2n) is 5.41. The fourth-order valence-electron chi connectivity index (χ4n) is 2.29. The number of hydrogen-bond acceptors (Lipinski definition) is 5. The summed E-state index contributed by atoms with van der Waals surface area (Å²) < 4.78 is 5.47. The lowest BCUT2D eigenvalue weighted by molar-refractivity contribution is 0.245. The van der Waals surface area contributed by atoms with Crippen LogP contribution in [0.25, 0.3) is 0 Å². The summed E-state index contributed by atoms with van der Waals surface area (Å²) in [5.41, 5.74) is 0.837. The van der Waals surface area contributed by atoms with Crippen molar-refractivity contribution in [2.24, 2.45) is 0 Å². The monoisotopic (exact) mass is 290 g/mol. The molecule has 2 unspecified atom stereocenters. The van der Waals surface area contributed by atoms with Gasteiger partial charge in [0.15, 0.2) is 0 Å². The maximum absolute atomic E-state index is 9.55. The molecular weight excluding hydrogens is 268 g/mol. The van der Waals surface area contributed by atoms with E-state index in [2.05, 4.69) is 10.2 Å². The zero-order valence-corrected chi connectivity index (χ0v) is 12.6. The van der Waals surface area contributed by atoms with E-state index in [-0.39, 0.29) is 23.6 Å². The van der Waals surface area contributed by atoms with Gasteiger partial charge in [-0.15, -0.1) is 0 Å². The van der Waals surface area contributed by atoms with E-state index in [1.165, 1.54) is 6.07 Å². The highest BCUT2D eigenvalue weighted by Gasteiger charge is 2.18. The van der Waals surface area contributed by atoms with Crippen LogP contribution in [-0.2, 0) is 0 Å². The first-order valence-electron chi connectivity index (χ1n) is 6.93. The first kappa shape index (κ1) is 15.4. The van der Waals surface area contributed by atoms with Crippen molar-refractivity contribution in [3.05, 3.63) is 47.9 Å². The first-order valence-corrected chi connectivity index (χ1v) is 6.93. The Kier molecular flexibility index (Phi) is 4.88. The van der Waals surface area contributed by atoms with Gasteiger partial charge >= 0.3 is 0 Å². The molecule has 0 aliphatic carbocycles. The SMILES string of the molecule is CC(NCC(c1ccco1)N(C)C)c1cc(O)cc(O)c1. The second-order valence-corrected chi connectivity index (χ2v) is 5.41. The second kappa shape index (κ2) is 6.65. The summed E-state index contributed by atoms with van der Waals surface area (Å²) in [7, 11) is 4.00. The van der Waals surface area contributed by atoms with E-state index in [9.17, 15) is 10.2 Å². The Hall–Kier alpha value is -1.98. The topological polar surface area (TPSA) is 68.9 Å². The Bertz CT molecular complexity index is 547. The third-order valence-electron chi connectivity index (χ3n) is 3.54. The number of nitrogens with zero attached hydrogens (tertiary/aromatic N) is 1. The minimum absolute atomic E-state index is 0.000382. The van der Waals surface area contributed by atoms with Crippen molar-refractivity contribution in [1.82, 2.24) is 10.2 Å². The third-order valence-corrected chi connectivity index (χ3v) is 3.54. The summed E-state index contributed by atoms with van der Waals surface area (Å²) >= 11 is 0. The molecule has 2 aromatic rings. The van der Waals surface area contributed by atoms with E-state index >= 15 is 0 Å². The van der Waals surface area contributed by atoms with E-state index in [1.54, 1.807) is 18.4 Å². The van der Waals surface area contributed by atoms with Gasteiger partial charge in [0.2, 0.25) is 0 Å². The molecule has 0 radical (unpaired) electrons. The molecule has 1 aromatic carbocycles. The molecule has 0 aliphatic heterocycles. The Morgan fingerprint density at radius 3 is 2.38 bits per heavy atom. The van der Waals surface area contributed by atoms with E-state index in [1.807, 2.05) is 33.2 Å². The van der Waals surface area contributed by atoms with Crippen molar-refractivity contribution in [2.45, 2.75) is 19.0 Å². The van der Waals surface area contributed by atoms with Crippen molar-refractivity contribution >= 4 is 0 Å². The highest BCUT2D eigenvalue weighted by Crippen LogP contribution is 2.25. The van der Waals surface area contributed by atoms with Crippen LogP contribution in [-0.4, -0.2) is 35.8 Å². The smallest absolute Gasteiger partial charge is 0.122 e. The molecule has 0 spiro atoms. The molecule has 0 aliphatic rings. The fraction of sp³-hybridized carbons (Fsp3) is 0.375. The van der Waals surface area contributed by atoms with Gasteiger partial charge in [0, 0.05) is 18.7 Å². The molecule has 0 fully saturated rings. The Labute approximate surface area is 124 Å². The largest absolute Gasteiger partial charge is 0.508 e. The van der Waals surface area contributed by atoms with Crippen LogP contribution in [0.5, 0.6) is 11.5 Å². The molecule has 114 valence electrons. The number of benzene rings is 1. The zero-order chi connectivity index (χ0) is 15.4. The average molecular weight is 290 g/mol. The lowest BCUT2D eigenvalue weighted by Crippen LogP contribution is -2.32. The first-order chi connectivity index (χ1) is 9.97. The number of phenols is 2. The summed E-state index contributed by atoms with van der Waals surface area (Å²) in [6, 6.07) is 8.57. The molecule has 1 heterocycles. The van der Waals surface area contributed by atoms with Crippen molar-refractivity contribution in [3.8, 4) is 11.5 Å². The molecule has 0 saturated heterocycles. The van der Waals surface area contributed by atoms with Crippen LogP contribution in [0.15, 0.2) is 41.0 Å². The standard InChI is InChI=1S/C16H22N2O3/c1-11(12-7-13(19)9-14(20)8-12)17-10-15(18(2)3)16-5-4-6-21-16/h4-9,11,15,17,19-20H,10H2,1-3H3. The number of phenolic OH excluding ortho intramolecular Hbond substituents is 2. The maximum atomic E-state index is 9.55. The van der Waals surface area contributed by atoms with Gasteiger partial charge in [-0.25, -0.2) is 0 Å². The average Bonchev–Trinajstić information content (AvgIpc) is 2.91. The molecule has 2 atom stereocenters. The predicted octanol–water partition coefficient (Wildman–Crippen LogP) is 2.64. The van der Waals surface area contributed by atoms with Crippen LogP contribution in [0.2, 0.25) is 0 Å². The van der Waals surface area contributed by atoms with Crippen LogP contribution < -0.4 is 5.32 Å². The molecule has 0 saturated carbocycles. The van der Waals surface area contributed by atoms with E-state index in [0.29, 0.717) is 6.54 Å². The predicted molar refractivity (Wildman–Crippen MR) is 81.3 cm³/mol. The van der Waals surface area contributed by atoms with Crippen LogP contribution in [0.4, 0.5) is 0 Å². The van der Waals surface area contributed by atoms with E-state index in [0.717, 1.165) is 11.3 Å². The molecule has 0 bridgehead atoms. The highest BCUT2D eigenvalue weighted by atomic mass is 16.3. The molecule has 0 amide bonds. The van der Waals surface area contributed by atoms with Gasteiger partial charge in [-0.3, -0.25) is 4.90 Å². The van der Waals surface area contributed by atoms with Crippen molar-refractivity contribution in [3.63, 3.8) is 0 Å². The summed E-state index contributed by atoms with van der Waals surface area (Å²) in [4.78, 5) is 2.08. The Morgan fingerprint density at radius 1 is 1.19 bits per heavy atom. The van der Waals surface area contributed by atoms with Crippen LogP contribution in [0.1, 0.15) is 30.3 Å². The van der Waals surface area contributed by atoms with Gasteiger partial charge in [-0.2, -0.15) is 0 Å². The summed E-state index contributed by atoms with van der Waals surface area (Å²) in [6.07, 6.45) is 1.67. The van der Waals surface area contributed by atoms with Gasteiger partial charge in [0.05, 0.1) is 12.3 Å². The summed E-state index contributed by atoms with van der Waals surface area (Å²) in [5.74, 6) is 1.03. The maximum Gasteiger partial charge on any atom is 0.122 e. The normalized spacial score (nSPS) is 14.3. The Balaban J connectivity index is 2.03. The molecule has 5 heteroatoms. The lowest BCUT2D eigenvalue weighted by atomic mass is 10.1. The van der Waals surface area contributed by atoms with Gasteiger partial charge < -0.3 is 19.9 Å². The van der Waals surface area contributed by atoms with Crippen molar-refractivity contribution in [1.29, 1.82) is 0 Å². The van der Waals surface area contributed by atoms with Gasteiger partial charge in [-0.1, -0.05) is 0 Å². The highest BCUT2D eigenvalue weighted by molar-refractivity contribution is 5.37. The molecule has 2 rings (SSSR count). The zero-order valence-electron chi connectivity index (χ0n) is 12.6. The molecule has 3 N–H and O–H groups in total. The fourth-order valence-corrected chi connectivity index (χ4v) is 2.29. The van der Waals surface area contributed by atoms with Crippen molar-refractivity contribution in [2.75, 3.05) is 20.6 Å². The van der Waals surface area contributed by atoms with Gasteiger partial charge in [-0.05, 0) is 50.8 Å². The van der Waals surface area contributed by atoms with Crippen LogP contribution in [0.3, 0.4) is 0 Å². The minimum Gasteiger partial charge on any atom is -0.508 e. The van der Waals surface area contributed by atoms with Gasteiger partial charge in [0.25, 0.3) is 0 Å². The molecule has 1 aromatic heterocycles.